The first-order valence-corrected chi connectivity index (χ1v) is 9.86. The quantitative estimate of drug-likeness (QED) is 0.520. The summed E-state index contributed by atoms with van der Waals surface area (Å²) in [6.45, 7) is 4.75. The molecule has 9 heteroatoms. The van der Waals surface area contributed by atoms with Gasteiger partial charge in [0.1, 0.15) is 50.0 Å². The minimum absolute atomic E-state index is 0.0473. The van der Waals surface area contributed by atoms with E-state index in [2.05, 4.69) is 28.6 Å². The van der Waals surface area contributed by atoms with Gasteiger partial charge in [0.05, 0.1) is 33.1 Å². The lowest BCUT2D eigenvalue weighted by molar-refractivity contribution is -1.02. The number of piperazine rings is 1. The maximum absolute atomic E-state index is 5.73. The molecule has 1 fully saturated rings. The van der Waals surface area contributed by atoms with Crippen molar-refractivity contribution in [3.63, 3.8) is 0 Å². The van der Waals surface area contributed by atoms with Crippen LogP contribution in [0.3, 0.4) is 0 Å². The van der Waals surface area contributed by atoms with Crippen molar-refractivity contribution in [2.75, 3.05) is 47.4 Å². The van der Waals surface area contributed by atoms with Crippen molar-refractivity contribution in [2.24, 2.45) is 0 Å². The largest absolute Gasteiger partial charge is 0.497 e. The molecule has 1 aromatic carbocycles. The lowest BCUT2D eigenvalue weighted by atomic mass is 10.0. The molecular formula is C20H28N6O3+2. The molecule has 1 saturated heterocycles. The van der Waals surface area contributed by atoms with Crippen molar-refractivity contribution in [2.45, 2.75) is 12.6 Å². The molecule has 154 valence electrons. The average molecular weight is 400 g/mol. The van der Waals surface area contributed by atoms with Crippen molar-refractivity contribution in [3.8, 4) is 11.5 Å². The molecule has 3 heterocycles. The monoisotopic (exact) mass is 400 g/mol. The van der Waals surface area contributed by atoms with Gasteiger partial charge < -0.3 is 23.7 Å². The Morgan fingerprint density at radius 2 is 1.97 bits per heavy atom. The second kappa shape index (κ2) is 8.62. The summed E-state index contributed by atoms with van der Waals surface area (Å²) in [4.78, 5) is 2.97. The average Bonchev–Trinajstić information content (AvgIpc) is 3.43. The van der Waals surface area contributed by atoms with Gasteiger partial charge in [0, 0.05) is 6.07 Å². The number of rotatable bonds is 7. The Bertz CT molecular complexity index is 918. The molecule has 1 aliphatic heterocycles. The van der Waals surface area contributed by atoms with E-state index in [-0.39, 0.29) is 6.04 Å². The Morgan fingerprint density at radius 1 is 1.14 bits per heavy atom. The maximum Gasteiger partial charge on any atom is 0.214 e. The Kier molecular flexibility index (Phi) is 5.77. The summed E-state index contributed by atoms with van der Waals surface area (Å²) >= 11 is 0. The van der Waals surface area contributed by atoms with E-state index in [4.69, 9.17) is 13.9 Å². The van der Waals surface area contributed by atoms with E-state index in [0.717, 1.165) is 54.8 Å². The molecule has 1 aliphatic rings. The van der Waals surface area contributed by atoms with Gasteiger partial charge in [-0.15, -0.1) is 5.10 Å². The van der Waals surface area contributed by atoms with Gasteiger partial charge in [-0.25, -0.2) is 4.68 Å². The summed E-state index contributed by atoms with van der Waals surface area (Å²) in [5.41, 5.74) is 1.05. The first-order valence-electron chi connectivity index (χ1n) is 9.86. The highest BCUT2D eigenvalue weighted by Gasteiger charge is 2.36. The summed E-state index contributed by atoms with van der Waals surface area (Å²) in [6.07, 6.45) is 1.66. The number of ether oxygens (including phenoxy) is 2. The zero-order valence-electron chi connectivity index (χ0n) is 17.1. The number of nitrogens with one attached hydrogen (secondary N) is 2. The van der Waals surface area contributed by atoms with Crippen molar-refractivity contribution in [1.82, 2.24) is 20.2 Å². The van der Waals surface area contributed by atoms with E-state index in [9.17, 15) is 0 Å². The minimum atomic E-state index is -0.0473. The molecule has 0 unspecified atom stereocenters. The summed E-state index contributed by atoms with van der Waals surface area (Å²) in [5, 5.41) is 12.7. The zero-order valence-corrected chi connectivity index (χ0v) is 17.1. The van der Waals surface area contributed by atoms with Crippen LogP contribution in [-0.4, -0.2) is 67.7 Å². The first kappa shape index (κ1) is 19.4. The molecular weight excluding hydrogens is 372 g/mol. The Hall–Kier alpha value is -2.91. The van der Waals surface area contributed by atoms with Gasteiger partial charge in [-0.2, -0.15) is 0 Å². The third-order valence-electron chi connectivity index (χ3n) is 5.61. The smallest absolute Gasteiger partial charge is 0.214 e. The number of nitrogens with zero attached hydrogens (tertiary/aromatic N) is 4. The minimum Gasteiger partial charge on any atom is -0.497 e. The third-order valence-corrected chi connectivity index (χ3v) is 5.61. The molecule has 9 nitrogen and oxygen atoms in total. The lowest BCUT2D eigenvalue weighted by Crippen LogP contribution is -3.27. The van der Waals surface area contributed by atoms with Crippen LogP contribution in [0.15, 0.2) is 41.0 Å². The van der Waals surface area contributed by atoms with Crippen molar-refractivity contribution < 1.29 is 23.7 Å². The molecule has 0 saturated carbocycles. The van der Waals surface area contributed by atoms with Crippen LogP contribution in [0.4, 0.5) is 0 Å². The fraction of sp³-hybridized carbons (Fsp3) is 0.450. The van der Waals surface area contributed by atoms with Crippen LogP contribution in [0.1, 0.15) is 23.2 Å². The number of quaternary nitrogens is 2. The highest BCUT2D eigenvalue weighted by molar-refractivity contribution is 5.43. The van der Waals surface area contributed by atoms with Crippen molar-refractivity contribution in [1.29, 1.82) is 0 Å². The van der Waals surface area contributed by atoms with E-state index in [1.165, 1.54) is 4.90 Å². The van der Waals surface area contributed by atoms with E-state index >= 15 is 0 Å². The van der Waals surface area contributed by atoms with Crippen LogP contribution in [-0.2, 0) is 6.54 Å². The van der Waals surface area contributed by atoms with Crippen molar-refractivity contribution in [3.05, 3.63) is 53.7 Å². The van der Waals surface area contributed by atoms with Crippen LogP contribution < -0.4 is 19.3 Å². The van der Waals surface area contributed by atoms with E-state index < -0.39 is 0 Å². The molecule has 29 heavy (non-hydrogen) atoms. The number of hydrogen-bond acceptors (Lipinski definition) is 6. The number of tetrazole rings is 1. The van der Waals surface area contributed by atoms with Gasteiger partial charge in [-0.05, 0) is 34.7 Å². The molecule has 3 aromatic rings. The van der Waals surface area contributed by atoms with Gasteiger partial charge in [0.15, 0.2) is 6.04 Å². The number of aromatic nitrogens is 4. The first-order chi connectivity index (χ1) is 14.2. The Balaban J connectivity index is 1.75. The predicted octanol–water partition coefficient (Wildman–Crippen LogP) is -1.17. The topological polar surface area (TPSA) is 84.1 Å². The highest BCUT2D eigenvalue weighted by Crippen LogP contribution is 2.31. The van der Waals surface area contributed by atoms with Gasteiger partial charge in [0.2, 0.25) is 5.82 Å². The Morgan fingerprint density at radius 3 is 2.66 bits per heavy atom. The molecule has 0 spiro atoms. The standard InChI is InChI=1S/C20H26N6O3/c1-24-8-10-25(11-9-24)19(17-7-6-15(27-2)13-18(17)28-3)20-21-22-23-26(20)14-16-5-4-12-29-16/h4-7,12-13,19H,8-11,14H2,1-3H3/p+2/t19-/m0/s1. The van der Waals surface area contributed by atoms with Crippen molar-refractivity contribution >= 4 is 0 Å². The van der Waals surface area contributed by atoms with E-state index in [0.29, 0.717) is 6.54 Å². The van der Waals surface area contributed by atoms with Crippen LogP contribution >= 0.6 is 0 Å². The second-order valence-electron chi connectivity index (χ2n) is 7.43. The molecule has 2 aromatic heterocycles. The third kappa shape index (κ3) is 4.10. The summed E-state index contributed by atoms with van der Waals surface area (Å²) in [6, 6.07) is 9.70. The van der Waals surface area contributed by atoms with E-state index in [1.807, 2.05) is 28.9 Å². The number of benzene rings is 1. The maximum atomic E-state index is 5.73. The number of furan rings is 1. The van der Waals surface area contributed by atoms with Gasteiger partial charge in [-0.1, -0.05) is 0 Å². The van der Waals surface area contributed by atoms with Crippen LogP contribution in [0.2, 0.25) is 0 Å². The molecule has 0 aliphatic carbocycles. The number of hydrogen-bond donors (Lipinski definition) is 2. The molecule has 1 atom stereocenters. The summed E-state index contributed by atoms with van der Waals surface area (Å²) in [5.74, 6) is 3.16. The van der Waals surface area contributed by atoms with Gasteiger partial charge >= 0.3 is 0 Å². The lowest BCUT2D eigenvalue weighted by Gasteiger charge is -2.33. The highest BCUT2D eigenvalue weighted by atomic mass is 16.5. The van der Waals surface area contributed by atoms with E-state index in [1.54, 1.807) is 25.4 Å². The fourth-order valence-electron chi connectivity index (χ4n) is 3.97. The SMILES string of the molecule is COc1ccc([C@@H](c2nnnn2Cc2ccco2)[NH+]2CC[NH+](C)CC2)c(OC)c1. The van der Waals surface area contributed by atoms with Gasteiger partial charge in [0.25, 0.3) is 0 Å². The second-order valence-corrected chi connectivity index (χ2v) is 7.43. The van der Waals surface area contributed by atoms with Crippen LogP contribution in [0.5, 0.6) is 11.5 Å². The number of methoxy groups -OCH3 is 2. The zero-order chi connectivity index (χ0) is 20.2. The summed E-state index contributed by atoms with van der Waals surface area (Å²) < 4.78 is 18.5. The predicted molar refractivity (Wildman–Crippen MR) is 104 cm³/mol. The molecule has 0 bridgehead atoms. The molecule has 0 radical (unpaired) electrons. The fourth-order valence-corrected chi connectivity index (χ4v) is 3.97. The van der Waals surface area contributed by atoms with Gasteiger partial charge in [-0.3, -0.25) is 0 Å². The Labute approximate surface area is 169 Å². The molecule has 0 amide bonds. The van der Waals surface area contributed by atoms with Crippen LogP contribution in [0.25, 0.3) is 0 Å². The molecule has 4 rings (SSSR count). The van der Waals surface area contributed by atoms with Crippen LogP contribution in [0, 0.1) is 0 Å². The number of likely N-dealkylation sites (N-methyl/N-ethyl adjacent to an activating group) is 1. The molecule has 2 N–H and O–H groups in total. The normalized spacial score (nSPS) is 20.4. The summed E-state index contributed by atoms with van der Waals surface area (Å²) in [7, 11) is 5.58.